The zero-order chi connectivity index (χ0) is 28.0. The van der Waals surface area contributed by atoms with Crippen molar-refractivity contribution in [2.45, 2.75) is 25.6 Å². The molecule has 0 aliphatic carbocycles. The van der Waals surface area contributed by atoms with E-state index in [-0.39, 0.29) is 17.3 Å². The van der Waals surface area contributed by atoms with Crippen LogP contribution in [0.15, 0.2) is 60.9 Å². The zero-order valence-corrected chi connectivity index (χ0v) is 22.7. The smallest absolute Gasteiger partial charge is 0.375 e. The monoisotopic (exact) mass is 564 g/mol. The fraction of sp³-hybridized carbons (Fsp3) is 0.286. The minimum atomic E-state index is -4.94. The lowest BCUT2D eigenvalue weighted by atomic mass is 9.95. The fourth-order valence-electron chi connectivity index (χ4n) is 5.66. The molecule has 2 aromatic heterocycles. The van der Waals surface area contributed by atoms with E-state index in [4.69, 9.17) is 4.74 Å². The van der Waals surface area contributed by atoms with Crippen LogP contribution in [0.2, 0.25) is 0 Å². The lowest BCUT2D eigenvalue weighted by Crippen LogP contribution is -2.33. The number of imide groups is 1. The van der Waals surface area contributed by atoms with Crippen molar-refractivity contribution < 1.29 is 33.2 Å². The Kier molecular flexibility index (Phi) is 6.95. The SMILES string of the molecule is CNC[C@@H]1CCn2cc(c3ccccc32)C2=C(C(=O)N(COP(=O)(O)O)C2=O)c2cn(c3ccccc23)CCO1. The van der Waals surface area contributed by atoms with Gasteiger partial charge in [-0.05, 0) is 25.6 Å². The van der Waals surface area contributed by atoms with E-state index in [1.54, 1.807) is 0 Å². The van der Waals surface area contributed by atoms with Crippen LogP contribution in [0.1, 0.15) is 17.5 Å². The van der Waals surface area contributed by atoms with Crippen LogP contribution >= 0.6 is 7.82 Å². The van der Waals surface area contributed by atoms with E-state index in [9.17, 15) is 23.9 Å². The molecule has 0 spiro atoms. The molecule has 1 atom stereocenters. The molecule has 40 heavy (non-hydrogen) atoms. The Morgan fingerprint density at radius 2 is 1.48 bits per heavy atom. The Balaban J connectivity index is 1.60. The summed E-state index contributed by atoms with van der Waals surface area (Å²) in [6.07, 6.45) is 4.40. The summed E-state index contributed by atoms with van der Waals surface area (Å²) in [4.78, 5) is 47.1. The van der Waals surface area contributed by atoms with Crippen molar-refractivity contribution >= 4 is 52.6 Å². The van der Waals surface area contributed by atoms with Crippen molar-refractivity contribution in [1.29, 1.82) is 0 Å². The average molecular weight is 565 g/mol. The van der Waals surface area contributed by atoms with E-state index in [1.165, 1.54) is 0 Å². The molecule has 4 bridgehead atoms. The molecule has 12 heteroatoms. The number of carbonyl (C=O) groups is 2. The first-order chi connectivity index (χ1) is 19.3. The number of nitrogens with one attached hydrogen (secondary N) is 1. The second-order valence-corrected chi connectivity index (χ2v) is 11.1. The highest BCUT2D eigenvalue weighted by atomic mass is 31.2. The van der Waals surface area contributed by atoms with Gasteiger partial charge < -0.3 is 29.0 Å². The number of para-hydroxylation sites is 2. The number of hydrogen-bond donors (Lipinski definition) is 3. The molecule has 208 valence electrons. The summed E-state index contributed by atoms with van der Waals surface area (Å²) < 4.78 is 26.4. The molecule has 0 saturated carbocycles. The minimum Gasteiger partial charge on any atom is -0.375 e. The number of ether oxygens (including phenoxy) is 1. The van der Waals surface area contributed by atoms with E-state index in [0.29, 0.717) is 37.4 Å². The van der Waals surface area contributed by atoms with Crippen molar-refractivity contribution in [2.75, 3.05) is 26.9 Å². The van der Waals surface area contributed by atoms with Crippen LogP contribution in [-0.4, -0.2) is 68.7 Å². The number of aromatic nitrogens is 2. The van der Waals surface area contributed by atoms with Gasteiger partial charge in [0.2, 0.25) is 0 Å². The largest absolute Gasteiger partial charge is 0.471 e. The van der Waals surface area contributed by atoms with E-state index in [0.717, 1.165) is 33.1 Å². The van der Waals surface area contributed by atoms with Crippen molar-refractivity contribution in [3.63, 3.8) is 0 Å². The first kappa shape index (κ1) is 26.6. The molecular formula is C28H29N4O7P. The van der Waals surface area contributed by atoms with Gasteiger partial charge in [-0.2, -0.15) is 0 Å². The maximum atomic E-state index is 13.9. The molecule has 6 rings (SSSR count). The Bertz CT molecular complexity index is 1720. The van der Waals surface area contributed by atoms with Crippen LogP contribution in [0, 0.1) is 0 Å². The third-order valence-electron chi connectivity index (χ3n) is 7.45. The minimum absolute atomic E-state index is 0.0383. The number of hydrogen-bond acceptors (Lipinski definition) is 6. The second kappa shape index (κ2) is 10.4. The summed E-state index contributed by atoms with van der Waals surface area (Å²) in [5, 5.41) is 4.77. The topological polar surface area (TPSA) is 135 Å². The predicted molar refractivity (Wildman–Crippen MR) is 149 cm³/mol. The number of amides is 2. The van der Waals surface area contributed by atoms with E-state index < -0.39 is 26.4 Å². The van der Waals surface area contributed by atoms with Gasteiger partial charge in [-0.1, -0.05) is 36.4 Å². The highest BCUT2D eigenvalue weighted by molar-refractivity contribution is 7.46. The van der Waals surface area contributed by atoms with Crippen LogP contribution < -0.4 is 5.32 Å². The summed E-state index contributed by atoms with van der Waals surface area (Å²) in [5.74, 6) is -1.35. The van der Waals surface area contributed by atoms with Crippen LogP contribution in [0.5, 0.6) is 0 Å². The van der Waals surface area contributed by atoms with Crippen molar-refractivity contribution in [3.8, 4) is 0 Å². The fourth-order valence-corrected chi connectivity index (χ4v) is 5.93. The van der Waals surface area contributed by atoms with Crippen LogP contribution in [0.25, 0.3) is 33.0 Å². The van der Waals surface area contributed by atoms with Gasteiger partial charge in [-0.3, -0.25) is 14.1 Å². The van der Waals surface area contributed by atoms with Crippen molar-refractivity contribution in [2.24, 2.45) is 0 Å². The third kappa shape index (κ3) is 4.71. The zero-order valence-electron chi connectivity index (χ0n) is 21.8. The molecule has 11 nitrogen and oxygen atoms in total. The first-order valence-corrected chi connectivity index (χ1v) is 14.5. The summed E-state index contributed by atoms with van der Waals surface area (Å²) in [7, 11) is -3.05. The third-order valence-corrected chi connectivity index (χ3v) is 7.90. The quantitative estimate of drug-likeness (QED) is 0.249. The first-order valence-electron chi connectivity index (χ1n) is 13.0. The van der Waals surface area contributed by atoms with Gasteiger partial charge in [0.15, 0.2) is 0 Å². The maximum absolute atomic E-state index is 13.9. The number of phosphoric ester groups is 1. The highest BCUT2D eigenvalue weighted by Gasteiger charge is 2.42. The molecule has 2 aliphatic rings. The van der Waals surface area contributed by atoms with Gasteiger partial charge in [-0.15, -0.1) is 0 Å². The maximum Gasteiger partial charge on any atom is 0.471 e. The molecule has 0 saturated heterocycles. The molecule has 2 amide bonds. The number of phosphoric acid groups is 1. The summed E-state index contributed by atoms with van der Waals surface area (Å²) in [5.41, 5.74) is 3.25. The molecule has 2 aliphatic heterocycles. The van der Waals surface area contributed by atoms with Crippen LogP contribution in [0.4, 0.5) is 0 Å². The van der Waals surface area contributed by atoms with Crippen molar-refractivity contribution in [1.82, 2.24) is 19.4 Å². The van der Waals surface area contributed by atoms with Gasteiger partial charge in [0.1, 0.15) is 6.73 Å². The lowest BCUT2D eigenvalue weighted by molar-refractivity contribution is -0.139. The van der Waals surface area contributed by atoms with Gasteiger partial charge in [-0.25, -0.2) is 9.46 Å². The molecular weight excluding hydrogens is 535 g/mol. The second-order valence-electron chi connectivity index (χ2n) is 9.88. The number of aryl methyl sites for hydroxylation is 1. The highest BCUT2D eigenvalue weighted by Crippen LogP contribution is 2.43. The molecule has 0 unspecified atom stereocenters. The van der Waals surface area contributed by atoms with E-state index in [2.05, 4.69) is 14.4 Å². The number of carbonyl (C=O) groups excluding carboxylic acids is 2. The standard InChI is InChI=1S/C28H29N4O7P/c1-29-14-18-10-11-30-15-21(19-6-2-4-8-23(19)30)25-26(28(34)32(27(25)33)17-39-40(35,36)37)22-16-31(12-13-38-18)24-9-5-3-7-20(22)24/h2-9,15-16,18,29H,10-14,17H2,1H3,(H2,35,36,37)/t18-/m0/s1. The summed E-state index contributed by atoms with van der Waals surface area (Å²) in [6.45, 7) is 1.41. The number of rotatable bonds is 5. The summed E-state index contributed by atoms with van der Waals surface area (Å²) in [6, 6.07) is 15.3. The average Bonchev–Trinajstić information content (AvgIpc) is 3.55. The number of benzene rings is 2. The Morgan fingerprint density at radius 3 is 2.02 bits per heavy atom. The Hall–Kier alpha value is -3.57. The van der Waals surface area contributed by atoms with Gasteiger partial charge in [0, 0.05) is 65.0 Å². The molecule has 4 aromatic rings. The van der Waals surface area contributed by atoms with Crippen molar-refractivity contribution in [3.05, 3.63) is 72.1 Å². The molecule has 0 fully saturated rings. The summed E-state index contributed by atoms with van der Waals surface area (Å²) >= 11 is 0. The van der Waals surface area contributed by atoms with Gasteiger partial charge in [0.05, 0.1) is 23.9 Å². The number of fused-ring (bicyclic) bond motifs is 12. The lowest BCUT2D eigenvalue weighted by Gasteiger charge is -2.19. The number of nitrogens with zero attached hydrogens (tertiary/aromatic N) is 3. The molecule has 0 radical (unpaired) electrons. The van der Waals surface area contributed by atoms with E-state index >= 15 is 0 Å². The van der Waals surface area contributed by atoms with Crippen LogP contribution in [-0.2, 0) is 36.5 Å². The van der Waals surface area contributed by atoms with Crippen LogP contribution in [0.3, 0.4) is 0 Å². The van der Waals surface area contributed by atoms with Gasteiger partial charge >= 0.3 is 7.82 Å². The normalized spacial score (nSPS) is 18.6. The molecule has 2 aromatic carbocycles. The number of likely N-dealkylation sites (N-methyl/N-ethyl adjacent to an activating group) is 1. The Labute approximate surface area is 229 Å². The predicted octanol–water partition coefficient (Wildman–Crippen LogP) is 2.95. The Morgan fingerprint density at radius 1 is 0.925 bits per heavy atom. The molecule has 3 N–H and O–H groups in total. The van der Waals surface area contributed by atoms with Gasteiger partial charge in [0.25, 0.3) is 11.8 Å². The molecule has 4 heterocycles. The van der Waals surface area contributed by atoms with E-state index in [1.807, 2.05) is 72.5 Å².